The lowest BCUT2D eigenvalue weighted by Gasteiger charge is -2.27. The lowest BCUT2D eigenvalue weighted by Crippen LogP contribution is -2.40. The van der Waals surface area contributed by atoms with Crippen LogP contribution >= 0.6 is 0 Å². The Morgan fingerprint density at radius 1 is 0.875 bits per heavy atom. The Bertz CT molecular complexity index is 1690. The summed E-state index contributed by atoms with van der Waals surface area (Å²) in [6, 6.07) is 15.8. The number of aliphatic imine (C=N–C) groups is 1. The van der Waals surface area contributed by atoms with E-state index in [-0.39, 0.29) is 41.7 Å². The van der Waals surface area contributed by atoms with Gasteiger partial charge in [-0.25, -0.2) is 15.0 Å². The molecule has 1 saturated heterocycles. The van der Waals surface area contributed by atoms with Crippen LogP contribution in [0, 0.1) is 17.8 Å². The van der Waals surface area contributed by atoms with Crippen LogP contribution in [0.15, 0.2) is 65.9 Å². The van der Waals surface area contributed by atoms with Gasteiger partial charge in [0.2, 0.25) is 18.2 Å². The number of carbonyl (C=O) groups is 2. The van der Waals surface area contributed by atoms with Crippen LogP contribution in [0.4, 0.5) is 0 Å². The van der Waals surface area contributed by atoms with Crippen molar-refractivity contribution in [3.05, 3.63) is 72.6 Å². The van der Waals surface area contributed by atoms with Gasteiger partial charge in [0.1, 0.15) is 17.7 Å². The van der Waals surface area contributed by atoms with E-state index in [2.05, 4.69) is 83.7 Å². The van der Waals surface area contributed by atoms with Crippen LogP contribution in [0.3, 0.4) is 0 Å². The highest BCUT2D eigenvalue weighted by Gasteiger charge is 2.36. The van der Waals surface area contributed by atoms with Crippen molar-refractivity contribution in [2.45, 2.75) is 72.5 Å². The number of benzene rings is 2. The smallest absolute Gasteiger partial charge is 0.248 e. The molecule has 48 heavy (non-hydrogen) atoms. The summed E-state index contributed by atoms with van der Waals surface area (Å²) in [6.07, 6.45) is 6.57. The van der Waals surface area contributed by atoms with E-state index in [0.717, 1.165) is 58.1 Å². The molecule has 0 saturated carbocycles. The van der Waals surface area contributed by atoms with Crippen LogP contribution in [-0.2, 0) is 19.4 Å². The fourth-order valence-corrected chi connectivity index (χ4v) is 5.90. The lowest BCUT2D eigenvalue weighted by atomic mass is 9.97. The average Bonchev–Trinajstić information content (AvgIpc) is 3.87. The first-order valence-corrected chi connectivity index (χ1v) is 16.7. The number of amides is 2. The molecule has 0 bridgehead atoms. The van der Waals surface area contributed by atoms with Crippen LogP contribution in [0.5, 0.6) is 0 Å². The quantitative estimate of drug-likeness (QED) is 0.0622. The molecule has 4 aromatic rings. The molecular formula is C37H47N7O4. The van der Waals surface area contributed by atoms with Gasteiger partial charge in [0.05, 0.1) is 43.0 Å². The van der Waals surface area contributed by atoms with Gasteiger partial charge in [0, 0.05) is 12.5 Å². The monoisotopic (exact) mass is 653 g/mol. The zero-order valence-corrected chi connectivity index (χ0v) is 28.9. The first-order valence-electron chi connectivity index (χ1n) is 16.7. The maximum absolute atomic E-state index is 13.5. The normalized spacial score (nSPS) is 16.9. The third-order valence-corrected chi connectivity index (χ3v) is 9.20. The van der Waals surface area contributed by atoms with Gasteiger partial charge in [-0.2, -0.15) is 4.89 Å². The Balaban J connectivity index is 1.23. The van der Waals surface area contributed by atoms with Crippen molar-refractivity contribution >= 4 is 18.2 Å². The Labute approximate surface area is 282 Å². The Morgan fingerprint density at radius 3 is 2.04 bits per heavy atom. The van der Waals surface area contributed by atoms with E-state index in [4.69, 9.17) is 4.89 Å². The van der Waals surface area contributed by atoms with Crippen molar-refractivity contribution in [3.8, 4) is 33.6 Å². The summed E-state index contributed by atoms with van der Waals surface area (Å²) in [6.45, 7) is 12.6. The first-order chi connectivity index (χ1) is 23.1. The summed E-state index contributed by atoms with van der Waals surface area (Å²) in [7, 11) is 1.40. The number of aromatic amines is 2. The molecule has 2 aromatic carbocycles. The molecule has 2 amide bonds. The maximum Gasteiger partial charge on any atom is 0.248 e. The van der Waals surface area contributed by atoms with Crippen molar-refractivity contribution in [2.24, 2.45) is 22.7 Å². The van der Waals surface area contributed by atoms with Crippen molar-refractivity contribution in [2.75, 3.05) is 13.7 Å². The van der Waals surface area contributed by atoms with Crippen molar-refractivity contribution < 1.29 is 19.4 Å². The van der Waals surface area contributed by atoms with Gasteiger partial charge >= 0.3 is 0 Å². The second-order valence-electron chi connectivity index (χ2n) is 13.2. The van der Waals surface area contributed by atoms with E-state index in [0.29, 0.717) is 6.54 Å². The second-order valence-corrected chi connectivity index (χ2v) is 13.2. The van der Waals surface area contributed by atoms with E-state index in [9.17, 15) is 9.59 Å². The fourth-order valence-electron chi connectivity index (χ4n) is 5.90. The number of aromatic nitrogens is 4. The molecule has 0 radical (unpaired) electrons. The third-order valence-electron chi connectivity index (χ3n) is 9.20. The van der Waals surface area contributed by atoms with Gasteiger partial charge in [-0.3, -0.25) is 9.59 Å². The Hall–Kier alpha value is -4.77. The van der Waals surface area contributed by atoms with Gasteiger partial charge in [0.15, 0.2) is 0 Å². The predicted octanol–water partition coefficient (Wildman–Crippen LogP) is 6.90. The molecule has 3 heterocycles. The standard InChI is InChI=1S/C37H47N7O4/c1-22(2)24(5)36(45)41-25(6)34-38-19-30(42-34)28-14-10-26(11-15-28)27-12-16-29(17-13-27)31-20-39-35(43-31)32-9-8-18-44(32)37(46)33(23(3)4)40-21-48-47-7/h10-17,19-25,32-33H,8-9,18H2,1-7H3,(H,38,42)(H,39,43)(H,41,45)/b40-21+/t24-,25+,32-,33-/m0/s1. The van der Waals surface area contributed by atoms with Gasteiger partial charge in [0.25, 0.3) is 0 Å². The number of nitrogens with zero attached hydrogens (tertiary/aromatic N) is 4. The number of hydrogen-bond donors (Lipinski definition) is 3. The molecule has 11 heteroatoms. The van der Waals surface area contributed by atoms with Gasteiger partial charge in [-0.05, 0) is 53.9 Å². The molecule has 11 nitrogen and oxygen atoms in total. The molecule has 1 aliphatic heterocycles. The molecule has 3 N–H and O–H groups in total. The molecular weight excluding hydrogens is 606 g/mol. The van der Waals surface area contributed by atoms with Crippen molar-refractivity contribution in [1.29, 1.82) is 0 Å². The minimum atomic E-state index is -0.560. The maximum atomic E-state index is 13.5. The number of nitrogens with one attached hydrogen (secondary N) is 3. The summed E-state index contributed by atoms with van der Waals surface area (Å²) < 4.78 is 0. The number of carbonyl (C=O) groups excluding carboxylic acids is 2. The predicted molar refractivity (Wildman–Crippen MR) is 187 cm³/mol. The molecule has 254 valence electrons. The molecule has 1 fully saturated rings. The highest BCUT2D eigenvalue weighted by Crippen LogP contribution is 2.34. The molecule has 2 aromatic heterocycles. The van der Waals surface area contributed by atoms with Crippen LogP contribution < -0.4 is 5.32 Å². The lowest BCUT2D eigenvalue weighted by molar-refractivity contribution is -0.188. The van der Waals surface area contributed by atoms with Crippen molar-refractivity contribution in [3.63, 3.8) is 0 Å². The number of hydrogen-bond acceptors (Lipinski definition) is 7. The third kappa shape index (κ3) is 7.84. The van der Waals surface area contributed by atoms with Crippen molar-refractivity contribution in [1.82, 2.24) is 30.2 Å². The molecule has 0 aliphatic carbocycles. The van der Waals surface area contributed by atoms with Crippen LogP contribution in [0.1, 0.15) is 78.1 Å². The second kappa shape index (κ2) is 15.4. The number of rotatable bonds is 13. The number of likely N-dealkylation sites (tertiary alicyclic amines) is 1. The van der Waals surface area contributed by atoms with E-state index in [1.807, 2.05) is 58.8 Å². The summed E-state index contributed by atoms with van der Waals surface area (Å²) in [5, 5.41) is 3.06. The first kappa shape index (κ1) is 34.6. The fraction of sp³-hybridized carbons (Fsp3) is 0.432. The summed E-state index contributed by atoms with van der Waals surface area (Å²) in [5.41, 5.74) is 6.02. The highest BCUT2D eigenvalue weighted by molar-refractivity contribution is 5.84. The van der Waals surface area contributed by atoms with E-state index < -0.39 is 6.04 Å². The zero-order valence-electron chi connectivity index (χ0n) is 28.9. The summed E-state index contributed by atoms with van der Waals surface area (Å²) >= 11 is 0. The van der Waals surface area contributed by atoms with E-state index >= 15 is 0 Å². The minimum Gasteiger partial charge on any atom is -0.346 e. The number of imidazole rings is 2. The molecule has 0 unspecified atom stereocenters. The van der Waals surface area contributed by atoms with E-state index in [1.54, 1.807) is 0 Å². The zero-order chi connectivity index (χ0) is 34.4. The largest absolute Gasteiger partial charge is 0.346 e. The Kier molecular flexibility index (Phi) is 11.1. The van der Waals surface area contributed by atoms with Gasteiger partial charge in [-0.1, -0.05) is 83.1 Å². The molecule has 0 spiro atoms. The molecule has 4 atom stereocenters. The minimum absolute atomic E-state index is 0.00320. The van der Waals surface area contributed by atoms with Gasteiger partial charge in [-0.15, -0.1) is 0 Å². The number of H-pyrrole nitrogens is 2. The Morgan fingerprint density at radius 2 is 1.46 bits per heavy atom. The highest BCUT2D eigenvalue weighted by atomic mass is 17.2. The van der Waals surface area contributed by atoms with Crippen LogP contribution in [-0.4, -0.2) is 62.7 Å². The van der Waals surface area contributed by atoms with Gasteiger partial charge < -0.3 is 25.1 Å². The van der Waals surface area contributed by atoms with Crippen LogP contribution in [0.2, 0.25) is 0 Å². The van der Waals surface area contributed by atoms with Crippen LogP contribution in [0.25, 0.3) is 33.6 Å². The van der Waals surface area contributed by atoms with E-state index in [1.165, 1.54) is 13.5 Å². The molecule has 5 rings (SSSR count). The topological polar surface area (TPSA) is 138 Å². The average molecular weight is 654 g/mol. The summed E-state index contributed by atoms with van der Waals surface area (Å²) in [4.78, 5) is 57.6. The SMILES string of the molecule is COO/C=N/[C@H](C(=O)N1CCC[C@H]1c1ncc(-c2ccc(-c3ccc(-c4cnc([C@@H](C)NC(=O)[C@@H](C)C(C)C)[nH]4)cc3)cc2)[nH]1)C(C)C. The summed E-state index contributed by atoms with van der Waals surface area (Å²) in [5.74, 6) is 1.71. The molecule has 1 aliphatic rings.